The SMILES string of the molecule is CC(C)[C@@H](NS(=O)(=O)N1CCN(c2ccc(C#Cc3ccnc(C(=O)NCc4ccc(OC(F)(F)F)cc4)c3)cc2)CC1)C(=O)O. The van der Waals surface area contributed by atoms with Crippen LogP contribution in [-0.2, 0) is 21.5 Å². The number of hydrogen-bond donors (Lipinski definition) is 3. The predicted octanol–water partition coefficient (Wildman–Crippen LogP) is 3.38. The summed E-state index contributed by atoms with van der Waals surface area (Å²) >= 11 is 0. The lowest BCUT2D eigenvalue weighted by Gasteiger charge is -2.36. The molecule has 1 aliphatic rings. The molecule has 1 aliphatic heterocycles. The van der Waals surface area contributed by atoms with Crippen LogP contribution in [-0.4, -0.2) is 73.3 Å². The highest BCUT2D eigenvalue weighted by molar-refractivity contribution is 7.87. The fourth-order valence-electron chi connectivity index (χ4n) is 4.51. The smallest absolute Gasteiger partial charge is 0.480 e. The molecule has 46 heavy (non-hydrogen) atoms. The van der Waals surface area contributed by atoms with Crippen molar-refractivity contribution in [1.82, 2.24) is 19.3 Å². The second-order valence-electron chi connectivity index (χ2n) is 10.7. The van der Waals surface area contributed by atoms with Crippen LogP contribution in [0.1, 0.15) is 41.0 Å². The van der Waals surface area contributed by atoms with E-state index in [0.717, 1.165) is 17.8 Å². The third-order valence-electron chi connectivity index (χ3n) is 6.97. The van der Waals surface area contributed by atoms with Crippen LogP contribution in [0.4, 0.5) is 18.9 Å². The van der Waals surface area contributed by atoms with Gasteiger partial charge in [-0.2, -0.15) is 17.4 Å². The maximum Gasteiger partial charge on any atom is 0.573 e. The van der Waals surface area contributed by atoms with Gasteiger partial charge < -0.3 is 20.1 Å². The van der Waals surface area contributed by atoms with Gasteiger partial charge in [-0.1, -0.05) is 37.8 Å². The number of pyridine rings is 1. The molecule has 4 rings (SSSR count). The average Bonchev–Trinajstić information content (AvgIpc) is 3.01. The van der Waals surface area contributed by atoms with E-state index in [1.807, 2.05) is 29.2 Å². The lowest BCUT2D eigenvalue weighted by molar-refractivity contribution is -0.274. The molecule has 2 aromatic carbocycles. The number of hydrogen-bond acceptors (Lipinski definition) is 7. The lowest BCUT2D eigenvalue weighted by atomic mass is 10.1. The van der Waals surface area contributed by atoms with Crippen molar-refractivity contribution in [3.8, 4) is 17.6 Å². The number of amides is 1. The number of benzene rings is 2. The number of piperazine rings is 1. The second kappa shape index (κ2) is 14.6. The number of rotatable bonds is 10. The van der Waals surface area contributed by atoms with Crippen LogP contribution in [0.3, 0.4) is 0 Å². The van der Waals surface area contributed by atoms with Crippen LogP contribution in [0, 0.1) is 17.8 Å². The van der Waals surface area contributed by atoms with Crippen LogP contribution in [0.5, 0.6) is 5.75 Å². The maximum absolute atomic E-state index is 12.7. The summed E-state index contributed by atoms with van der Waals surface area (Å²) < 4.78 is 69.8. The van der Waals surface area contributed by atoms with Gasteiger partial charge in [0.2, 0.25) is 0 Å². The highest BCUT2D eigenvalue weighted by Crippen LogP contribution is 2.23. The molecule has 0 bridgehead atoms. The van der Waals surface area contributed by atoms with Gasteiger partial charge in [0, 0.05) is 55.7 Å². The van der Waals surface area contributed by atoms with Crippen molar-refractivity contribution in [2.24, 2.45) is 5.92 Å². The normalized spacial score (nSPS) is 14.7. The number of nitrogens with one attached hydrogen (secondary N) is 2. The minimum Gasteiger partial charge on any atom is -0.480 e. The van der Waals surface area contributed by atoms with Gasteiger partial charge in [0.25, 0.3) is 16.1 Å². The van der Waals surface area contributed by atoms with Crippen molar-refractivity contribution >= 4 is 27.8 Å². The number of carbonyl (C=O) groups excluding carboxylic acids is 1. The standard InChI is InChI=1S/C31H32F3N5O6S/c1-21(2)28(30(41)42)37-46(43,44)39-17-15-38(16-18-39)25-9-5-22(6-10-25)3-4-23-13-14-35-27(19-23)29(40)36-20-24-7-11-26(12-8-24)45-31(32,33)34/h5-14,19,21,28,37H,15-18,20H2,1-2H3,(H,36,40)(H,41,42)/t28-/m1/s1. The quantitative estimate of drug-likeness (QED) is 0.282. The van der Waals surface area contributed by atoms with Gasteiger partial charge >= 0.3 is 12.3 Å². The first-order chi connectivity index (χ1) is 21.7. The molecule has 244 valence electrons. The van der Waals surface area contributed by atoms with Gasteiger partial charge in [0.1, 0.15) is 17.5 Å². The zero-order chi connectivity index (χ0) is 33.5. The fourth-order valence-corrected chi connectivity index (χ4v) is 5.99. The van der Waals surface area contributed by atoms with Crippen molar-refractivity contribution in [3.05, 3.63) is 89.2 Å². The van der Waals surface area contributed by atoms with Crippen LogP contribution in [0.2, 0.25) is 0 Å². The lowest BCUT2D eigenvalue weighted by Crippen LogP contribution is -2.55. The van der Waals surface area contributed by atoms with E-state index in [1.54, 1.807) is 19.9 Å². The third-order valence-corrected chi connectivity index (χ3v) is 8.57. The fraction of sp³-hybridized carbons (Fsp3) is 0.323. The zero-order valence-electron chi connectivity index (χ0n) is 24.9. The van der Waals surface area contributed by atoms with Gasteiger partial charge in [0.15, 0.2) is 0 Å². The van der Waals surface area contributed by atoms with Gasteiger partial charge in [-0.3, -0.25) is 14.6 Å². The first-order valence-electron chi connectivity index (χ1n) is 14.2. The molecule has 0 spiro atoms. The molecule has 1 amide bonds. The van der Waals surface area contributed by atoms with E-state index in [2.05, 4.69) is 31.6 Å². The van der Waals surface area contributed by atoms with E-state index in [4.69, 9.17) is 0 Å². The van der Waals surface area contributed by atoms with Crippen LogP contribution in [0.15, 0.2) is 66.9 Å². The molecule has 0 radical (unpaired) electrons. The number of aliphatic carboxylic acids is 1. The number of carboxylic acid groups (broad SMARTS) is 1. The molecule has 0 aliphatic carbocycles. The zero-order valence-corrected chi connectivity index (χ0v) is 25.7. The number of halogens is 3. The van der Waals surface area contributed by atoms with Gasteiger partial charge in [-0.25, -0.2) is 0 Å². The molecule has 0 unspecified atom stereocenters. The topological polar surface area (TPSA) is 141 Å². The first kappa shape index (κ1) is 34.2. The summed E-state index contributed by atoms with van der Waals surface area (Å²) in [6.07, 6.45) is -3.33. The number of carbonyl (C=O) groups is 2. The van der Waals surface area contributed by atoms with E-state index in [1.165, 1.54) is 28.7 Å². The van der Waals surface area contributed by atoms with E-state index in [-0.39, 0.29) is 31.1 Å². The van der Waals surface area contributed by atoms with E-state index in [0.29, 0.717) is 29.8 Å². The van der Waals surface area contributed by atoms with E-state index >= 15 is 0 Å². The van der Waals surface area contributed by atoms with Crippen molar-refractivity contribution in [2.75, 3.05) is 31.1 Å². The Balaban J connectivity index is 1.30. The maximum atomic E-state index is 12.7. The summed E-state index contributed by atoms with van der Waals surface area (Å²) in [5, 5.41) is 12.0. The van der Waals surface area contributed by atoms with E-state index < -0.39 is 40.4 Å². The minimum atomic E-state index is -4.78. The van der Waals surface area contributed by atoms with E-state index in [9.17, 15) is 36.3 Å². The number of carboxylic acids is 1. The molecule has 11 nitrogen and oxygen atoms in total. The summed E-state index contributed by atoms with van der Waals surface area (Å²) in [5.41, 5.74) is 2.83. The number of alkyl halides is 3. The molecule has 15 heteroatoms. The number of anilines is 1. The molecular weight excluding hydrogens is 627 g/mol. The summed E-state index contributed by atoms with van der Waals surface area (Å²) in [4.78, 5) is 30.1. The summed E-state index contributed by atoms with van der Waals surface area (Å²) in [6, 6.07) is 14.5. The summed E-state index contributed by atoms with van der Waals surface area (Å²) in [5.74, 6) is 3.56. The molecule has 1 aromatic heterocycles. The number of ether oxygens (including phenoxy) is 1. The Morgan fingerprint density at radius 2 is 1.61 bits per heavy atom. The Hall–Kier alpha value is -4.65. The molecule has 0 saturated carbocycles. The molecule has 1 saturated heterocycles. The van der Waals surface area contributed by atoms with Crippen LogP contribution >= 0.6 is 0 Å². The summed E-state index contributed by atoms with van der Waals surface area (Å²) in [7, 11) is -3.96. The van der Waals surface area contributed by atoms with Gasteiger partial charge in [-0.05, 0) is 60.0 Å². The number of aromatic nitrogens is 1. The van der Waals surface area contributed by atoms with Crippen molar-refractivity contribution in [2.45, 2.75) is 32.8 Å². The first-order valence-corrected chi connectivity index (χ1v) is 15.6. The Labute approximate surface area is 264 Å². The second-order valence-corrected chi connectivity index (χ2v) is 12.4. The average molecular weight is 660 g/mol. The van der Waals surface area contributed by atoms with Gasteiger partial charge in [0.05, 0.1) is 0 Å². The Kier molecular flexibility index (Phi) is 10.9. The van der Waals surface area contributed by atoms with Gasteiger partial charge in [-0.15, -0.1) is 13.2 Å². The minimum absolute atomic E-state index is 0.0696. The number of nitrogens with zero attached hydrogens (tertiary/aromatic N) is 3. The Bertz CT molecular complexity index is 1700. The monoisotopic (exact) mass is 659 g/mol. The van der Waals surface area contributed by atoms with Crippen LogP contribution < -0.4 is 19.7 Å². The highest BCUT2D eigenvalue weighted by Gasteiger charge is 2.33. The molecule has 3 aromatic rings. The Morgan fingerprint density at radius 1 is 0.978 bits per heavy atom. The Morgan fingerprint density at radius 3 is 2.20 bits per heavy atom. The summed E-state index contributed by atoms with van der Waals surface area (Å²) in [6.45, 7) is 4.58. The molecule has 3 N–H and O–H groups in total. The largest absolute Gasteiger partial charge is 0.573 e. The molecule has 1 atom stereocenters. The third kappa shape index (κ3) is 9.67. The van der Waals surface area contributed by atoms with Crippen molar-refractivity contribution < 1.29 is 41.0 Å². The van der Waals surface area contributed by atoms with Crippen molar-refractivity contribution in [1.29, 1.82) is 0 Å². The molecule has 2 heterocycles. The molecular formula is C31H32F3N5O6S. The molecule has 1 fully saturated rings. The predicted molar refractivity (Wildman–Crippen MR) is 163 cm³/mol. The highest BCUT2D eigenvalue weighted by atomic mass is 32.2. The van der Waals surface area contributed by atoms with Crippen LogP contribution in [0.25, 0.3) is 0 Å². The van der Waals surface area contributed by atoms with Crippen molar-refractivity contribution in [3.63, 3.8) is 0 Å².